The SMILES string of the molecule is Cc1ccc(NS(=O)(=O)c2ccc(OCC(C)C)cc2)cc1N1CCCC1=O. The van der Waals surface area contributed by atoms with Crippen LogP contribution in [-0.2, 0) is 14.8 Å². The molecule has 1 saturated heterocycles. The summed E-state index contributed by atoms with van der Waals surface area (Å²) in [6, 6.07) is 11.6. The summed E-state index contributed by atoms with van der Waals surface area (Å²) >= 11 is 0. The third-order valence-electron chi connectivity index (χ3n) is 4.54. The molecule has 2 aromatic carbocycles. The first-order valence-corrected chi connectivity index (χ1v) is 10.9. The fourth-order valence-electron chi connectivity index (χ4n) is 3.06. The van der Waals surface area contributed by atoms with Crippen LogP contribution in [0.5, 0.6) is 5.75 Å². The van der Waals surface area contributed by atoms with Crippen molar-refractivity contribution in [3.8, 4) is 5.75 Å². The van der Waals surface area contributed by atoms with Gasteiger partial charge in [0, 0.05) is 18.7 Å². The molecule has 1 aliphatic heterocycles. The van der Waals surface area contributed by atoms with Gasteiger partial charge >= 0.3 is 0 Å². The van der Waals surface area contributed by atoms with Crippen LogP contribution in [-0.4, -0.2) is 27.5 Å². The maximum Gasteiger partial charge on any atom is 0.261 e. The number of hydrogen-bond acceptors (Lipinski definition) is 4. The number of hydrogen-bond donors (Lipinski definition) is 1. The number of amides is 1. The smallest absolute Gasteiger partial charge is 0.261 e. The van der Waals surface area contributed by atoms with E-state index in [0.717, 1.165) is 17.7 Å². The average Bonchev–Trinajstić information content (AvgIpc) is 3.07. The Kier molecular flexibility index (Phi) is 5.93. The van der Waals surface area contributed by atoms with Gasteiger partial charge in [0.25, 0.3) is 10.0 Å². The Balaban J connectivity index is 1.78. The molecule has 0 atom stereocenters. The van der Waals surface area contributed by atoms with Gasteiger partial charge in [-0.2, -0.15) is 0 Å². The van der Waals surface area contributed by atoms with E-state index in [1.165, 1.54) is 12.1 Å². The van der Waals surface area contributed by atoms with Crippen LogP contribution in [0.3, 0.4) is 0 Å². The minimum Gasteiger partial charge on any atom is -0.493 e. The van der Waals surface area contributed by atoms with Crippen molar-refractivity contribution >= 4 is 27.3 Å². The highest BCUT2D eigenvalue weighted by Crippen LogP contribution is 2.29. The lowest BCUT2D eigenvalue weighted by Crippen LogP contribution is -2.24. The van der Waals surface area contributed by atoms with Crippen LogP contribution < -0.4 is 14.4 Å². The van der Waals surface area contributed by atoms with E-state index in [0.29, 0.717) is 36.9 Å². The summed E-state index contributed by atoms with van der Waals surface area (Å²) in [5.41, 5.74) is 2.12. The van der Waals surface area contributed by atoms with E-state index in [2.05, 4.69) is 4.72 Å². The van der Waals surface area contributed by atoms with Crippen molar-refractivity contribution in [2.24, 2.45) is 5.92 Å². The molecular formula is C21H26N2O4S. The Hall–Kier alpha value is -2.54. The zero-order chi connectivity index (χ0) is 20.3. The van der Waals surface area contributed by atoms with Crippen LogP contribution in [0.25, 0.3) is 0 Å². The van der Waals surface area contributed by atoms with Crippen LogP contribution in [0.4, 0.5) is 11.4 Å². The Bertz CT molecular complexity index is 953. The summed E-state index contributed by atoms with van der Waals surface area (Å²) in [6.07, 6.45) is 1.35. The molecule has 1 amide bonds. The lowest BCUT2D eigenvalue weighted by molar-refractivity contribution is -0.117. The monoisotopic (exact) mass is 402 g/mol. The molecule has 2 aromatic rings. The van der Waals surface area contributed by atoms with Gasteiger partial charge in [-0.05, 0) is 61.2 Å². The molecule has 6 nitrogen and oxygen atoms in total. The van der Waals surface area contributed by atoms with E-state index in [1.54, 1.807) is 29.2 Å². The normalized spacial score (nSPS) is 14.6. The molecule has 0 bridgehead atoms. The molecule has 0 unspecified atom stereocenters. The molecule has 3 rings (SSSR count). The molecule has 0 aliphatic carbocycles. The number of sulfonamides is 1. The minimum absolute atomic E-state index is 0.0695. The first kappa shape index (κ1) is 20.2. The fourth-order valence-corrected chi connectivity index (χ4v) is 4.11. The van der Waals surface area contributed by atoms with E-state index >= 15 is 0 Å². The topological polar surface area (TPSA) is 75.7 Å². The molecule has 0 spiro atoms. The number of carbonyl (C=O) groups excluding carboxylic acids is 1. The first-order valence-electron chi connectivity index (χ1n) is 9.43. The number of carbonyl (C=O) groups is 1. The standard InChI is InChI=1S/C21H26N2O4S/c1-15(2)14-27-18-8-10-19(11-9-18)28(25,26)22-17-7-6-16(3)20(13-17)23-12-4-5-21(23)24/h6-11,13,15,22H,4-5,12,14H2,1-3H3. The van der Waals surface area contributed by atoms with E-state index in [1.807, 2.05) is 26.8 Å². The molecule has 7 heteroatoms. The molecule has 1 aliphatic rings. The maximum atomic E-state index is 12.7. The van der Waals surface area contributed by atoms with Gasteiger partial charge in [0.05, 0.1) is 17.2 Å². The highest BCUT2D eigenvalue weighted by Gasteiger charge is 2.24. The predicted octanol–water partition coefficient (Wildman–Crippen LogP) is 3.96. The van der Waals surface area contributed by atoms with Crippen molar-refractivity contribution in [1.82, 2.24) is 0 Å². The summed E-state index contributed by atoms with van der Waals surface area (Å²) in [5.74, 6) is 1.10. The van der Waals surface area contributed by atoms with Gasteiger partial charge in [-0.25, -0.2) is 8.42 Å². The highest BCUT2D eigenvalue weighted by molar-refractivity contribution is 7.92. The summed E-state index contributed by atoms with van der Waals surface area (Å²) in [7, 11) is -3.74. The van der Waals surface area contributed by atoms with Gasteiger partial charge in [0.15, 0.2) is 0 Å². The van der Waals surface area contributed by atoms with Gasteiger partial charge in [-0.3, -0.25) is 9.52 Å². The fraction of sp³-hybridized carbons (Fsp3) is 0.381. The van der Waals surface area contributed by atoms with Crippen LogP contribution in [0.1, 0.15) is 32.3 Å². The van der Waals surface area contributed by atoms with Crippen molar-refractivity contribution in [1.29, 1.82) is 0 Å². The Morgan fingerprint density at radius 2 is 1.86 bits per heavy atom. The number of nitrogens with zero attached hydrogens (tertiary/aromatic N) is 1. The predicted molar refractivity (Wildman–Crippen MR) is 110 cm³/mol. The van der Waals surface area contributed by atoms with E-state index in [-0.39, 0.29) is 10.8 Å². The molecule has 28 heavy (non-hydrogen) atoms. The second kappa shape index (κ2) is 8.22. The third-order valence-corrected chi connectivity index (χ3v) is 5.94. The van der Waals surface area contributed by atoms with Gasteiger partial charge in [0.2, 0.25) is 5.91 Å². The summed E-state index contributed by atoms with van der Waals surface area (Å²) in [5, 5.41) is 0. The molecule has 150 valence electrons. The van der Waals surface area contributed by atoms with Crippen molar-refractivity contribution in [3.05, 3.63) is 48.0 Å². The molecule has 0 saturated carbocycles. The highest BCUT2D eigenvalue weighted by atomic mass is 32.2. The zero-order valence-corrected chi connectivity index (χ0v) is 17.3. The van der Waals surface area contributed by atoms with Crippen LogP contribution in [0, 0.1) is 12.8 Å². The quantitative estimate of drug-likeness (QED) is 0.761. The van der Waals surface area contributed by atoms with Crippen molar-refractivity contribution < 1.29 is 17.9 Å². The molecule has 1 heterocycles. The van der Waals surface area contributed by atoms with Crippen molar-refractivity contribution in [3.63, 3.8) is 0 Å². The zero-order valence-electron chi connectivity index (χ0n) is 16.4. The number of benzene rings is 2. The largest absolute Gasteiger partial charge is 0.493 e. The summed E-state index contributed by atoms with van der Waals surface area (Å²) < 4.78 is 33.7. The van der Waals surface area contributed by atoms with E-state index in [9.17, 15) is 13.2 Å². The van der Waals surface area contributed by atoms with E-state index in [4.69, 9.17) is 4.74 Å². The number of ether oxygens (including phenoxy) is 1. The molecular weight excluding hydrogens is 376 g/mol. The molecule has 1 N–H and O–H groups in total. The minimum atomic E-state index is -3.74. The van der Waals surface area contributed by atoms with Crippen LogP contribution in [0.15, 0.2) is 47.4 Å². The lowest BCUT2D eigenvalue weighted by Gasteiger charge is -2.19. The summed E-state index contributed by atoms with van der Waals surface area (Å²) in [4.78, 5) is 13.9. The maximum absolute atomic E-state index is 12.7. The Labute approximate surface area is 166 Å². The lowest BCUT2D eigenvalue weighted by atomic mass is 10.1. The number of nitrogens with one attached hydrogen (secondary N) is 1. The Morgan fingerprint density at radius 1 is 1.14 bits per heavy atom. The molecule has 0 radical (unpaired) electrons. The second-order valence-corrected chi connectivity index (χ2v) is 9.11. The third kappa shape index (κ3) is 4.65. The molecule has 1 fully saturated rings. The number of rotatable bonds is 7. The van der Waals surface area contributed by atoms with E-state index < -0.39 is 10.0 Å². The van der Waals surface area contributed by atoms with Gasteiger partial charge < -0.3 is 9.64 Å². The Morgan fingerprint density at radius 3 is 2.46 bits per heavy atom. The molecule has 0 aromatic heterocycles. The van der Waals surface area contributed by atoms with Crippen molar-refractivity contribution in [2.45, 2.75) is 38.5 Å². The van der Waals surface area contributed by atoms with Gasteiger partial charge in [-0.15, -0.1) is 0 Å². The first-order chi connectivity index (χ1) is 13.3. The van der Waals surface area contributed by atoms with Crippen molar-refractivity contribution in [2.75, 3.05) is 22.8 Å². The number of aryl methyl sites for hydroxylation is 1. The van der Waals surface area contributed by atoms with Gasteiger partial charge in [0.1, 0.15) is 5.75 Å². The summed E-state index contributed by atoms with van der Waals surface area (Å²) in [6.45, 7) is 7.25. The average molecular weight is 403 g/mol. The van der Waals surface area contributed by atoms with Crippen LogP contribution in [0.2, 0.25) is 0 Å². The van der Waals surface area contributed by atoms with Crippen LogP contribution >= 0.6 is 0 Å². The second-order valence-electron chi connectivity index (χ2n) is 7.43. The van der Waals surface area contributed by atoms with Gasteiger partial charge in [-0.1, -0.05) is 19.9 Å². The number of anilines is 2.